The van der Waals surface area contributed by atoms with Crippen LogP contribution < -0.4 is 0 Å². The van der Waals surface area contributed by atoms with E-state index >= 15 is 0 Å². The number of nitro groups is 1. The van der Waals surface area contributed by atoms with Gasteiger partial charge in [-0.1, -0.05) is 11.3 Å². The first-order chi connectivity index (χ1) is 8.41. The maximum absolute atomic E-state index is 11.8. The number of hydrogen-bond acceptors (Lipinski definition) is 5. The number of thiophene rings is 1. The predicted octanol–water partition coefficient (Wildman–Crippen LogP) is 1.59. The summed E-state index contributed by atoms with van der Waals surface area (Å²) in [5.41, 5.74) is 0.254. The van der Waals surface area contributed by atoms with Crippen molar-refractivity contribution in [3.05, 3.63) is 27.1 Å². The van der Waals surface area contributed by atoms with E-state index in [2.05, 4.69) is 0 Å². The van der Waals surface area contributed by atoms with Gasteiger partial charge in [-0.05, 0) is 6.42 Å². The van der Waals surface area contributed by atoms with Crippen molar-refractivity contribution < 1.29 is 19.6 Å². The molecule has 0 fully saturated rings. The zero-order valence-electron chi connectivity index (χ0n) is 9.66. The highest BCUT2D eigenvalue weighted by Crippen LogP contribution is 2.23. The first-order valence-electron chi connectivity index (χ1n) is 5.12. The van der Waals surface area contributed by atoms with E-state index < -0.39 is 10.9 Å². The van der Waals surface area contributed by atoms with Gasteiger partial charge in [-0.25, -0.2) is 0 Å². The molecule has 0 aliphatic carbocycles. The van der Waals surface area contributed by atoms with Crippen molar-refractivity contribution in [2.45, 2.75) is 12.8 Å². The van der Waals surface area contributed by atoms with Gasteiger partial charge in [0.2, 0.25) is 0 Å². The third-order valence-corrected chi connectivity index (χ3v) is 3.12. The lowest BCUT2D eigenvalue weighted by atomic mass is 10.2. The van der Waals surface area contributed by atoms with Gasteiger partial charge in [-0.3, -0.25) is 19.7 Å². The molecule has 1 N–H and O–H groups in total. The molecule has 0 bridgehead atoms. The van der Waals surface area contributed by atoms with Gasteiger partial charge < -0.3 is 10.0 Å². The Kier molecular flexibility index (Phi) is 4.78. The molecule has 1 amide bonds. The summed E-state index contributed by atoms with van der Waals surface area (Å²) in [6.07, 6.45) is 0.339. The smallest absolute Gasteiger partial charge is 0.324 e. The monoisotopic (exact) mass is 272 g/mol. The summed E-state index contributed by atoms with van der Waals surface area (Å²) in [5, 5.41) is 20.3. The lowest BCUT2D eigenvalue weighted by Crippen LogP contribution is -2.27. The Bertz CT molecular complexity index is 471. The fourth-order valence-electron chi connectivity index (χ4n) is 1.32. The van der Waals surface area contributed by atoms with Crippen LogP contribution in [0.2, 0.25) is 0 Å². The normalized spacial score (nSPS) is 10.1. The third kappa shape index (κ3) is 3.81. The van der Waals surface area contributed by atoms with Crippen LogP contribution in [0, 0.1) is 10.1 Å². The van der Waals surface area contributed by atoms with E-state index in [1.165, 1.54) is 23.4 Å². The molecular formula is C10H12N2O5S. The Morgan fingerprint density at radius 3 is 2.72 bits per heavy atom. The van der Waals surface area contributed by atoms with E-state index in [9.17, 15) is 19.7 Å². The highest BCUT2D eigenvalue weighted by atomic mass is 32.1. The highest BCUT2D eigenvalue weighted by Gasteiger charge is 2.17. The zero-order valence-corrected chi connectivity index (χ0v) is 10.5. The first-order valence-corrected chi connectivity index (χ1v) is 6.00. The Balaban J connectivity index is 2.57. The Labute approximate surface area is 107 Å². The van der Waals surface area contributed by atoms with E-state index in [4.69, 9.17) is 5.11 Å². The van der Waals surface area contributed by atoms with Gasteiger partial charge in [0.15, 0.2) is 0 Å². The number of carbonyl (C=O) groups excluding carboxylic acids is 1. The van der Waals surface area contributed by atoms with Gasteiger partial charge in [-0.15, -0.1) is 0 Å². The molecule has 0 aromatic carbocycles. The summed E-state index contributed by atoms with van der Waals surface area (Å²) in [4.78, 5) is 33.4. The zero-order chi connectivity index (χ0) is 13.7. The molecule has 1 aromatic rings. The van der Waals surface area contributed by atoms with Crippen LogP contribution in [0.5, 0.6) is 0 Å². The molecule has 0 spiro atoms. The maximum atomic E-state index is 11.8. The van der Waals surface area contributed by atoms with E-state index in [1.54, 1.807) is 0 Å². The van der Waals surface area contributed by atoms with Crippen LogP contribution in [-0.4, -0.2) is 40.4 Å². The molecule has 0 radical (unpaired) electrons. The number of carboxylic acid groups (broad SMARTS) is 1. The fourth-order valence-corrected chi connectivity index (χ4v) is 2.02. The Morgan fingerprint density at radius 2 is 2.22 bits per heavy atom. The molecule has 8 heteroatoms. The molecule has 0 saturated carbocycles. The van der Waals surface area contributed by atoms with Crippen molar-refractivity contribution in [2.24, 2.45) is 0 Å². The summed E-state index contributed by atoms with van der Waals surface area (Å²) in [7, 11) is 1.54. The summed E-state index contributed by atoms with van der Waals surface area (Å²) in [6, 6.07) is 1.22. The Morgan fingerprint density at radius 1 is 1.56 bits per heavy atom. The lowest BCUT2D eigenvalue weighted by Gasteiger charge is -2.15. The quantitative estimate of drug-likeness (QED) is 0.626. The molecule has 1 heterocycles. The topological polar surface area (TPSA) is 101 Å². The second kappa shape index (κ2) is 6.10. The van der Waals surface area contributed by atoms with Gasteiger partial charge in [0.05, 0.1) is 10.5 Å². The number of amides is 1. The second-order valence-corrected chi connectivity index (χ2v) is 4.54. The van der Waals surface area contributed by atoms with Crippen molar-refractivity contribution in [1.29, 1.82) is 0 Å². The van der Waals surface area contributed by atoms with Gasteiger partial charge in [0, 0.05) is 31.5 Å². The average molecular weight is 272 g/mol. The van der Waals surface area contributed by atoms with Crippen LogP contribution in [0.3, 0.4) is 0 Å². The molecule has 0 aliphatic rings. The van der Waals surface area contributed by atoms with Crippen LogP contribution in [0.25, 0.3) is 0 Å². The van der Waals surface area contributed by atoms with Gasteiger partial charge >= 0.3 is 11.0 Å². The molecule has 18 heavy (non-hydrogen) atoms. The molecule has 0 aliphatic heterocycles. The molecule has 0 unspecified atom stereocenters. The van der Waals surface area contributed by atoms with Crippen molar-refractivity contribution in [1.82, 2.24) is 4.90 Å². The first kappa shape index (κ1) is 14.1. The van der Waals surface area contributed by atoms with Gasteiger partial charge in [-0.2, -0.15) is 0 Å². The van der Waals surface area contributed by atoms with Crippen LogP contribution in [0.1, 0.15) is 23.2 Å². The predicted molar refractivity (Wildman–Crippen MR) is 64.8 cm³/mol. The van der Waals surface area contributed by atoms with E-state index in [0.29, 0.717) is 13.0 Å². The van der Waals surface area contributed by atoms with Gasteiger partial charge in [0.1, 0.15) is 0 Å². The van der Waals surface area contributed by atoms with E-state index in [-0.39, 0.29) is 22.9 Å². The number of carboxylic acids is 1. The summed E-state index contributed by atoms with van der Waals surface area (Å²) >= 11 is 0.891. The average Bonchev–Trinajstić information content (AvgIpc) is 2.76. The number of carbonyl (C=O) groups is 2. The molecular weight excluding hydrogens is 260 g/mol. The molecule has 1 aromatic heterocycles. The minimum absolute atomic E-state index is 0.0125. The fraction of sp³-hybridized carbons (Fsp3) is 0.400. The van der Waals surface area contributed by atoms with Gasteiger partial charge in [0.25, 0.3) is 5.91 Å². The van der Waals surface area contributed by atoms with E-state index in [1.807, 2.05) is 0 Å². The minimum Gasteiger partial charge on any atom is -0.481 e. The number of rotatable bonds is 6. The van der Waals surface area contributed by atoms with Crippen molar-refractivity contribution in [3.8, 4) is 0 Å². The standard InChI is InChI=1S/C10H12N2O5S/c1-11(4-2-3-9(13)14)10(15)7-5-8(12(16)17)18-6-7/h5-6H,2-4H2,1H3,(H,13,14). The second-order valence-electron chi connectivity index (χ2n) is 3.65. The van der Waals surface area contributed by atoms with Crippen LogP contribution >= 0.6 is 11.3 Å². The molecule has 98 valence electrons. The van der Waals surface area contributed by atoms with Crippen LogP contribution in [0.4, 0.5) is 5.00 Å². The SMILES string of the molecule is CN(CCCC(=O)O)C(=O)c1csc([N+](=O)[O-])c1. The maximum Gasteiger partial charge on any atom is 0.324 e. The third-order valence-electron chi connectivity index (χ3n) is 2.24. The van der Waals surface area contributed by atoms with Crippen molar-refractivity contribution in [3.63, 3.8) is 0 Å². The number of aliphatic carboxylic acids is 1. The highest BCUT2D eigenvalue weighted by molar-refractivity contribution is 7.13. The van der Waals surface area contributed by atoms with E-state index in [0.717, 1.165) is 11.3 Å². The van der Waals surface area contributed by atoms with Crippen LogP contribution in [-0.2, 0) is 4.79 Å². The molecule has 1 rings (SSSR count). The Hall–Kier alpha value is -1.96. The van der Waals surface area contributed by atoms with Crippen molar-refractivity contribution >= 4 is 28.2 Å². The lowest BCUT2D eigenvalue weighted by molar-refractivity contribution is -0.380. The summed E-state index contributed by atoms with van der Waals surface area (Å²) in [5.74, 6) is -1.26. The molecule has 0 atom stereocenters. The molecule has 7 nitrogen and oxygen atoms in total. The summed E-state index contributed by atoms with van der Waals surface area (Å²) < 4.78 is 0. The van der Waals surface area contributed by atoms with Crippen molar-refractivity contribution in [2.75, 3.05) is 13.6 Å². The van der Waals surface area contributed by atoms with Crippen LogP contribution in [0.15, 0.2) is 11.4 Å². The molecule has 0 saturated heterocycles. The minimum atomic E-state index is -0.915. The number of nitrogens with zero attached hydrogens (tertiary/aromatic N) is 2. The largest absolute Gasteiger partial charge is 0.481 e. The number of hydrogen-bond donors (Lipinski definition) is 1. The summed E-state index contributed by atoms with van der Waals surface area (Å²) in [6.45, 7) is 0.300.